The van der Waals surface area contributed by atoms with Gasteiger partial charge in [0.25, 0.3) is 0 Å². The number of anilines is 2. The maximum Gasteiger partial charge on any atom is 0.411 e. The first-order valence-electron chi connectivity index (χ1n) is 11.5. The van der Waals surface area contributed by atoms with Crippen molar-refractivity contribution in [2.24, 2.45) is 0 Å². The Hall–Kier alpha value is -3.24. The zero-order valence-corrected chi connectivity index (χ0v) is 19.4. The topological polar surface area (TPSA) is 83.8 Å². The van der Waals surface area contributed by atoms with Gasteiger partial charge in [-0.15, -0.1) is 0 Å². The summed E-state index contributed by atoms with van der Waals surface area (Å²) >= 11 is 0. The van der Waals surface area contributed by atoms with Crippen LogP contribution < -0.4 is 15.0 Å². The van der Waals surface area contributed by atoms with Crippen LogP contribution in [0.5, 0.6) is 5.75 Å². The maximum absolute atomic E-state index is 11.9. The van der Waals surface area contributed by atoms with Gasteiger partial charge in [0, 0.05) is 30.6 Å². The van der Waals surface area contributed by atoms with Gasteiger partial charge in [-0.25, -0.2) is 4.79 Å². The van der Waals surface area contributed by atoms with Gasteiger partial charge in [0.2, 0.25) is 0 Å². The van der Waals surface area contributed by atoms with E-state index in [2.05, 4.69) is 22.4 Å². The van der Waals surface area contributed by atoms with Gasteiger partial charge >= 0.3 is 6.09 Å². The predicted octanol–water partition coefficient (Wildman–Crippen LogP) is 5.39. The highest BCUT2D eigenvalue weighted by Gasteiger charge is 2.44. The van der Waals surface area contributed by atoms with E-state index < -0.39 is 6.09 Å². The monoisotopic (exact) mass is 449 g/mol. The zero-order chi connectivity index (χ0) is 23.4. The highest BCUT2D eigenvalue weighted by atomic mass is 16.6. The van der Waals surface area contributed by atoms with E-state index in [0.29, 0.717) is 24.9 Å². The van der Waals surface area contributed by atoms with E-state index in [0.717, 1.165) is 35.4 Å². The molecular weight excluding hydrogens is 418 g/mol. The van der Waals surface area contributed by atoms with Crippen LogP contribution in [0.4, 0.5) is 16.2 Å². The Morgan fingerprint density at radius 2 is 1.94 bits per heavy atom. The van der Waals surface area contributed by atoms with Crippen molar-refractivity contribution in [3.8, 4) is 11.8 Å². The van der Waals surface area contributed by atoms with Crippen LogP contribution in [0.1, 0.15) is 56.2 Å². The maximum atomic E-state index is 11.9. The molecule has 33 heavy (non-hydrogen) atoms. The second-order valence-corrected chi connectivity index (χ2v) is 8.81. The van der Waals surface area contributed by atoms with Crippen LogP contribution in [-0.4, -0.2) is 38.6 Å². The molecule has 1 amide bonds. The van der Waals surface area contributed by atoms with Gasteiger partial charge in [-0.05, 0) is 62.4 Å². The van der Waals surface area contributed by atoms with E-state index in [1.165, 1.54) is 6.42 Å². The van der Waals surface area contributed by atoms with Crippen LogP contribution in [0.25, 0.3) is 0 Å². The Bertz CT molecular complexity index is 1010. The van der Waals surface area contributed by atoms with Crippen molar-refractivity contribution in [3.05, 3.63) is 53.6 Å². The van der Waals surface area contributed by atoms with Crippen molar-refractivity contribution >= 4 is 17.5 Å². The fraction of sp³-hybridized carbons (Fsp3) is 0.462. The molecule has 1 saturated carbocycles. The fourth-order valence-electron chi connectivity index (χ4n) is 4.53. The molecule has 1 fully saturated rings. The average Bonchev–Trinajstić information content (AvgIpc) is 3.06. The van der Waals surface area contributed by atoms with Gasteiger partial charge in [-0.1, -0.05) is 18.2 Å². The lowest BCUT2D eigenvalue weighted by Crippen LogP contribution is -2.41. The number of nitrogens with zero attached hydrogens (tertiary/aromatic N) is 2. The molecule has 2 aromatic carbocycles. The van der Waals surface area contributed by atoms with Gasteiger partial charge in [0.1, 0.15) is 12.4 Å². The summed E-state index contributed by atoms with van der Waals surface area (Å²) in [5, 5.41) is 12.9. The van der Waals surface area contributed by atoms with Gasteiger partial charge in [-0.2, -0.15) is 5.26 Å². The van der Waals surface area contributed by atoms with Crippen molar-refractivity contribution in [2.45, 2.75) is 57.2 Å². The summed E-state index contributed by atoms with van der Waals surface area (Å²) in [6, 6.07) is 16.6. The number of nitriles is 1. The SMILES string of the molecule is COCCOc1ccc2c(c1)N(C1CCC1)C(c1ccc(NC(=O)OC(C)C)cc1)C2C#N. The highest BCUT2D eigenvalue weighted by molar-refractivity contribution is 5.84. The number of hydrogen-bond donors (Lipinski definition) is 1. The minimum absolute atomic E-state index is 0.0822. The van der Waals surface area contributed by atoms with E-state index in [1.807, 2.05) is 50.2 Å². The standard InChI is InChI=1S/C26H31N3O4/c1-17(2)33-26(30)28-19-9-7-18(8-10-19)25-23(16-27)22-12-11-21(32-14-13-31-3)15-24(22)29(25)20-5-4-6-20/h7-12,15,17,20,23,25H,4-6,13-14H2,1-3H3,(H,28,30). The fourth-order valence-corrected chi connectivity index (χ4v) is 4.53. The largest absolute Gasteiger partial charge is 0.491 e. The molecule has 2 aliphatic rings. The van der Waals surface area contributed by atoms with Crippen molar-refractivity contribution in [1.82, 2.24) is 0 Å². The Morgan fingerprint density at radius 3 is 2.55 bits per heavy atom. The molecule has 1 aliphatic heterocycles. The molecule has 0 radical (unpaired) electrons. The number of hydrogen-bond acceptors (Lipinski definition) is 6. The van der Waals surface area contributed by atoms with E-state index in [-0.39, 0.29) is 18.1 Å². The number of rotatable bonds is 8. The smallest absolute Gasteiger partial charge is 0.411 e. The third kappa shape index (κ3) is 4.91. The van der Waals surface area contributed by atoms with Crippen molar-refractivity contribution in [3.63, 3.8) is 0 Å². The van der Waals surface area contributed by atoms with Gasteiger partial charge < -0.3 is 19.1 Å². The summed E-state index contributed by atoms with van der Waals surface area (Å²) in [4.78, 5) is 14.3. The number of benzene rings is 2. The molecule has 174 valence electrons. The average molecular weight is 450 g/mol. The molecule has 7 heteroatoms. The molecule has 4 rings (SSSR count). The van der Waals surface area contributed by atoms with Crippen LogP contribution in [0.3, 0.4) is 0 Å². The lowest BCUT2D eigenvalue weighted by Gasteiger charge is -2.41. The van der Waals surface area contributed by atoms with E-state index in [9.17, 15) is 10.1 Å². The normalized spacial score (nSPS) is 19.5. The molecule has 0 aromatic heterocycles. The Kier molecular flexibility index (Phi) is 7.05. The first-order chi connectivity index (χ1) is 16.0. The van der Waals surface area contributed by atoms with Crippen LogP contribution in [0.15, 0.2) is 42.5 Å². The van der Waals surface area contributed by atoms with E-state index in [1.54, 1.807) is 7.11 Å². The number of ether oxygens (including phenoxy) is 3. The minimum atomic E-state index is -0.474. The molecule has 0 bridgehead atoms. The summed E-state index contributed by atoms with van der Waals surface area (Å²) < 4.78 is 16.1. The number of amides is 1. The molecule has 0 saturated heterocycles. The lowest BCUT2D eigenvalue weighted by atomic mass is 9.87. The van der Waals surface area contributed by atoms with Crippen LogP contribution in [0.2, 0.25) is 0 Å². The molecule has 2 atom stereocenters. The van der Waals surface area contributed by atoms with Crippen molar-refractivity contribution < 1.29 is 19.0 Å². The molecule has 1 heterocycles. The highest BCUT2D eigenvalue weighted by Crippen LogP contribution is 2.53. The van der Waals surface area contributed by atoms with E-state index >= 15 is 0 Å². The van der Waals surface area contributed by atoms with E-state index in [4.69, 9.17) is 14.2 Å². The summed E-state index contributed by atoms with van der Waals surface area (Å²) in [5.41, 5.74) is 3.83. The predicted molar refractivity (Wildman–Crippen MR) is 127 cm³/mol. The molecular formula is C26H31N3O4. The van der Waals surface area contributed by atoms with Crippen LogP contribution >= 0.6 is 0 Å². The van der Waals surface area contributed by atoms with Crippen molar-refractivity contribution in [1.29, 1.82) is 5.26 Å². The van der Waals surface area contributed by atoms with Gasteiger partial charge in [0.15, 0.2) is 0 Å². The molecule has 0 spiro atoms. The third-order valence-corrected chi connectivity index (χ3v) is 6.24. The molecule has 1 N–H and O–H groups in total. The first kappa shape index (κ1) is 22.9. The first-order valence-corrected chi connectivity index (χ1v) is 11.5. The number of fused-ring (bicyclic) bond motifs is 1. The minimum Gasteiger partial charge on any atom is -0.491 e. The molecule has 2 aromatic rings. The quantitative estimate of drug-likeness (QED) is 0.544. The Balaban J connectivity index is 1.61. The summed E-state index contributed by atoms with van der Waals surface area (Å²) in [5.74, 6) is 0.508. The third-order valence-electron chi connectivity index (χ3n) is 6.24. The lowest BCUT2D eigenvalue weighted by molar-refractivity contribution is 0.130. The molecule has 1 aliphatic carbocycles. The number of carbonyl (C=O) groups is 1. The summed E-state index contributed by atoms with van der Waals surface area (Å²) in [6.07, 6.45) is 2.77. The second kappa shape index (κ2) is 10.1. The molecule has 7 nitrogen and oxygen atoms in total. The van der Waals surface area contributed by atoms with Crippen LogP contribution in [-0.2, 0) is 9.47 Å². The van der Waals surface area contributed by atoms with Crippen LogP contribution in [0, 0.1) is 11.3 Å². The molecule has 2 unspecified atom stereocenters. The number of methoxy groups -OCH3 is 1. The number of carbonyl (C=O) groups excluding carboxylic acids is 1. The van der Waals surface area contributed by atoms with Gasteiger partial charge in [0.05, 0.1) is 30.7 Å². The zero-order valence-electron chi connectivity index (χ0n) is 19.4. The Morgan fingerprint density at radius 1 is 1.18 bits per heavy atom. The Labute approximate surface area is 195 Å². The number of nitrogens with one attached hydrogen (secondary N) is 1. The van der Waals surface area contributed by atoms with Crippen molar-refractivity contribution in [2.75, 3.05) is 30.5 Å². The summed E-state index contributed by atoms with van der Waals surface area (Å²) in [7, 11) is 1.65. The summed E-state index contributed by atoms with van der Waals surface area (Å²) in [6.45, 7) is 4.63. The second-order valence-electron chi connectivity index (χ2n) is 8.81. The van der Waals surface area contributed by atoms with Gasteiger partial charge in [-0.3, -0.25) is 5.32 Å².